The van der Waals surface area contributed by atoms with Crippen LogP contribution < -0.4 is 15.1 Å². The fourth-order valence-corrected chi connectivity index (χ4v) is 3.94. The molecule has 2 saturated heterocycles. The Hall–Kier alpha value is -3.57. The minimum absolute atomic E-state index is 0.191. The first-order valence-electron chi connectivity index (χ1n) is 11.0. The van der Waals surface area contributed by atoms with Crippen LogP contribution in [0.25, 0.3) is 0 Å². The number of carbonyl (C=O) groups excluding carboxylic acids is 2. The summed E-state index contributed by atoms with van der Waals surface area (Å²) in [6.45, 7) is 5.59. The number of halogens is 1. The van der Waals surface area contributed by atoms with Gasteiger partial charge < -0.3 is 15.0 Å². The molecular weight excluding hydrogens is 423 g/mol. The third-order valence-electron chi connectivity index (χ3n) is 5.72. The van der Waals surface area contributed by atoms with Crippen LogP contribution in [0.1, 0.15) is 12.5 Å². The summed E-state index contributed by atoms with van der Waals surface area (Å²) < 4.78 is 20.2. The van der Waals surface area contributed by atoms with E-state index in [1.807, 2.05) is 35.2 Å². The number of hydrogen-bond donors (Lipinski definition) is 1. The summed E-state index contributed by atoms with van der Waals surface area (Å²) in [6.07, 6.45) is -0.995. The first-order valence-corrected chi connectivity index (χ1v) is 11.0. The lowest BCUT2D eigenvalue weighted by molar-refractivity contribution is -0.119. The minimum atomic E-state index is -0.539. The van der Waals surface area contributed by atoms with Gasteiger partial charge >= 0.3 is 6.09 Å². The fraction of sp³-hybridized carbons (Fsp3) is 0.360. The summed E-state index contributed by atoms with van der Waals surface area (Å²) in [4.78, 5) is 28.9. The second-order valence-corrected chi connectivity index (χ2v) is 8.12. The molecule has 7 nitrogen and oxygen atoms in total. The molecular formula is C25H27FN4O3. The third kappa shape index (κ3) is 5.82. The number of benzene rings is 2. The number of anilines is 2. The van der Waals surface area contributed by atoms with Gasteiger partial charge in [0.1, 0.15) is 11.9 Å². The number of cyclic esters (lactones) is 1. The van der Waals surface area contributed by atoms with Gasteiger partial charge in [0.2, 0.25) is 5.91 Å². The maximum absolute atomic E-state index is 14.9. The van der Waals surface area contributed by atoms with Crippen molar-refractivity contribution in [3.8, 4) is 11.8 Å². The van der Waals surface area contributed by atoms with Gasteiger partial charge in [-0.3, -0.25) is 14.6 Å². The molecule has 1 N–H and O–H groups in total. The van der Waals surface area contributed by atoms with Crippen molar-refractivity contribution in [2.45, 2.75) is 13.0 Å². The zero-order valence-corrected chi connectivity index (χ0v) is 18.6. The van der Waals surface area contributed by atoms with Gasteiger partial charge in [-0.15, -0.1) is 0 Å². The van der Waals surface area contributed by atoms with Gasteiger partial charge in [-0.05, 0) is 30.3 Å². The van der Waals surface area contributed by atoms with Crippen LogP contribution in [0.5, 0.6) is 0 Å². The van der Waals surface area contributed by atoms with Gasteiger partial charge in [0.05, 0.1) is 31.0 Å². The van der Waals surface area contributed by atoms with E-state index < -0.39 is 12.2 Å². The Labute approximate surface area is 193 Å². The average Bonchev–Trinajstić information content (AvgIpc) is 3.19. The summed E-state index contributed by atoms with van der Waals surface area (Å²) in [7, 11) is 0. The lowest BCUT2D eigenvalue weighted by Gasteiger charge is -2.35. The van der Waals surface area contributed by atoms with Gasteiger partial charge in [-0.2, -0.15) is 0 Å². The number of nitrogens with one attached hydrogen (secondary N) is 1. The fourth-order valence-electron chi connectivity index (χ4n) is 3.94. The van der Waals surface area contributed by atoms with Crippen molar-refractivity contribution in [1.82, 2.24) is 10.2 Å². The quantitative estimate of drug-likeness (QED) is 0.709. The van der Waals surface area contributed by atoms with E-state index in [2.05, 4.69) is 22.1 Å². The second-order valence-electron chi connectivity index (χ2n) is 8.12. The molecule has 2 aromatic rings. The molecule has 0 aromatic heterocycles. The van der Waals surface area contributed by atoms with Crippen LogP contribution in [-0.2, 0) is 9.53 Å². The van der Waals surface area contributed by atoms with E-state index in [4.69, 9.17) is 4.74 Å². The zero-order valence-electron chi connectivity index (χ0n) is 18.6. The molecule has 0 bridgehead atoms. The topological polar surface area (TPSA) is 65.1 Å². The van der Waals surface area contributed by atoms with E-state index in [9.17, 15) is 14.0 Å². The van der Waals surface area contributed by atoms with Gasteiger partial charge in [0.25, 0.3) is 0 Å². The molecule has 0 spiro atoms. The first-order chi connectivity index (χ1) is 16.0. The highest BCUT2D eigenvalue weighted by molar-refractivity contribution is 5.90. The minimum Gasteiger partial charge on any atom is -0.442 e. The summed E-state index contributed by atoms with van der Waals surface area (Å²) >= 11 is 0. The number of piperazine rings is 1. The molecule has 2 aliphatic heterocycles. The van der Waals surface area contributed by atoms with Crippen molar-refractivity contribution < 1.29 is 18.7 Å². The second kappa shape index (κ2) is 10.4. The van der Waals surface area contributed by atoms with Crippen molar-refractivity contribution in [2.75, 3.05) is 55.6 Å². The first kappa shape index (κ1) is 22.6. The maximum Gasteiger partial charge on any atom is 0.414 e. The van der Waals surface area contributed by atoms with E-state index in [-0.39, 0.29) is 24.8 Å². The SMILES string of the molecule is CC(=O)NCC1CN(c2ccc(N3CCN(CC#Cc4ccccc4)CC3)c(F)c2)C(=O)O1. The predicted molar refractivity (Wildman–Crippen MR) is 125 cm³/mol. The summed E-state index contributed by atoms with van der Waals surface area (Å²) in [6, 6.07) is 14.7. The van der Waals surface area contributed by atoms with Crippen LogP contribution in [0, 0.1) is 17.7 Å². The Bertz CT molecular complexity index is 1060. The van der Waals surface area contributed by atoms with Crippen LogP contribution in [0.3, 0.4) is 0 Å². The highest BCUT2D eigenvalue weighted by atomic mass is 19.1. The standard InChI is InChI=1S/C25H27FN4O3/c1-19(31)27-17-22-18-30(25(32)33-22)21-9-10-24(23(26)16-21)29-14-12-28(13-15-29)11-5-8-20-6-3-2-4-7-20/h2-4,6-7,9-10,16,22H,11-15,17-18H2,1H3,(H,27,31). The molecule has 2 fully saturated rings. The number of hydrogen-bond acceptors (Lipinski definition) is 5. The molecule has 1 atom stereocenters. The Morgan fingerprint density at radius 1 is 1.15 bits per heavy atom. The Kier molecular flexibility index (Phi) is 7.10. The third-order valence-corrected chi connectivity index (χ3v) is 5.72. The molecule has 0 saturated carbocycles. The Morgan fingerprint density at radius 3 is 2.61 bits per heavy atom. The predicted octanol–water partition coefficient (Wildman–Crippen LogP) is 2.46. The zero-order chi connectivity index (χ0) is 23.2. The van der Waals surface area contributed by atoms with Crippen molar-refractivity contribution in [2.24, 2.45) is 0 Å². The van der Waals surface area contributed by atoms with Crippen LogP contribution >= 0.6 is 0 Å². The smallest absolute Gasteiger partial charge is 0.414 e. The van der Waals surface area contributed by atoms with Gasteiger partial charge in [-0.25, -0.2) is 9.18 Å². The number of nitrogens with zero attached hydrogens (tertiary/aromatic N) is 3. The molecule has 2 heterocycles. The molecule has 2 aliphatic rings. The average molecular weight is 451 g/mol. The molecule has 4 rings (SSSR count). The molecule has 2 amide bonds. The van der Waals surface area contributed by atoms with Crippen molar-refractivity contribution >= 4 is 23.4 Å². The number of carbonyl (C=O) groups is 2. The van der Waals surface area contributed by atoms with Gasteiger partial charge in [0.15, 0.2) is 0 Å². The number of amides is 2. The van der Waals surface area contributed by atoms with Crippen LogP contribution in [0.15, 0.2) is 48.5 Å². The van der Waals surface area contributed by atoms with E-state index in [1.54, 1.807) is 12.1 Å². The number of ether oxygens (including phenoxy) is 1. The van der Waals surface area contributed by atoms with Crippen LogP contribution in [-0.4, -0.2) is 68.8 Å². The Morgan fingerprint density at radius 2 is 1.91 bits per heavy atom. The van der Waals surface area contributed by atoms with Crippen molar-refractivity contribution in [3.63, 3.8) is 0 Å². The van der Waals surface area contributed by atoms with Crippen molar-refractivity contribution in [1.29, 1.82) is 0 Å². The Balaban J connectivity index is 1.31. The largest absolute Gasteiger partial charge is 0.442 e. The lowest BCUT2D eigenvalue weighted by Crippen LogP contribution is -2.46. The molecule has 172 valence electrons. The van der Waals surface area contributed by atoms with E-state index in [0.717, 1.165) is 18.7 Å². The van der Waals surface area contributed by atoms with E-state index >= 15 is 0 Å². The number of rotatable bonds is 5. The van der Waals surface area contributed by atoms with Crippen LogP contribution in [0.2, 0.25) is 0 Å². The maximum atomic E-state index is 14.9. The molecule has 0 radical (unpaired) electrons. The highest BCUT2D eigenvalue weighted by Crippen LogP contribution is 2.28. The van der Waals surface area contributed by atoms with Crippen LogP contribution in [0.4, 0.5) is 20.6 Å². The van der Waals surface area contributed by atoms with Crippen molar-refractivity contribution in [3.05, 3.63) is 59.9 Å². The summed E-state index contributed by atoms with van der Waals surface area (Å²) in [5, 5.41) is 2.63. The molecule has 1 unspecified atom stereocenters. The molecule has 33 heavy (non-hydrogen) atoms. The van der Waals surface area contributed by atoms with E-state index in [0.29, 0.717) is 31.0 Å². The molecule has 2 aromatic carbocycles. The van der Waals surface area contributed by atoms with E-state index in [1.165, 1.54) is 17.9 Å². The van der Waals surface area contributed by atoms with Gasteiger partial charge in [0, 0.05) is 38.7 Å². The monoisotopic (exact) mass is 450 g/mol. The normalized spacial score (nSPS) is 18.5. The summed E-state index contributed by atoms with van der Waals surface area (Å²) in [5.41, 5.74) is 1.97. The lowest BCUT2D eigenvalue weighted by atomic mass is 10.2. The molecule has 8 heteroatoms. The molecule has 0 aliphatic carbocycles. The van der Waals surface area contributed by atoms with Gasteiger partial charge in [-0.1, -0.05) is 30.0 Å². The highest BCUT2D eigenvalue weighted by Gasteiger charge is 2.33. The summed E-state index contributed by atoms with van der Waals surface area (Å²) in [5.74, 6) is 5.81.